The molecule has 12 heavy (non-hydrogen) atoms. The number of hydrogen-bond donors (Lipinski definition) is 0. The highest BCUT2D eigenvalue weighted by Gasteiger charge is 2.14. The molecule has 0 amide bonds. The molecule has 0 saturated heterocycles. The van der Waals surface area contributed by atoms with E-state index < -0.39 is 16.8 Å². The van der Waals surface area contributed by atoms with E-state index in [4.69, 9.17) is 5.26 Å². The Balaban J connectivity index is 3.88. The van der Waals surface area contributed by atoms with Gasteiger partial charge in [-0.25, -0.2) is 0 Å². The average molecular weight is 189 g/mol. The van der Waals surface area contributed by atoms with E-state index in [1.807, 2.05) is 0 Å². The summed E-state index contributed by atoms with van der Waals surface area (Å²) in [6.07, 6.45) is 0.102. The van der Waals surface area contributed by atoms with Crippen LogP contribution in [0.4, 0.5) is 0 Å². The fourth-order valence-corrected chi connectivity index (χ4v) is 1.35. The molecule has 68 valence electrons. The number of carbonyl (C=O) groups excluding carboxylic acids is 1. The topological polar surface area (TPSA) is 67.2 Å². The van der Waals surface area contributed by atoms with Crippen LogP contribution in [0.5, 0.6) is 0 Å². The highest BCUT2D eigenvalue weighted by molar-refractivity contribution is 7.85. The van der Waals surface area contributed by atoms with E-state index in [-0.39, 0.29) is 17.4 Å². The molecule has 0 heterocycles. The molecule has 0 aliphatic heterocycles. The van der Waals surface area contributed by atoms with E-state index >= 15 is 0 Å². The van der Waals surface area contributed by atoms with Gasteiger partial charge >= 0.3 is 5.97 Å². The fraction of sp³-hybridized carbons (Fsp3) is 0.714. The van der Waals surface area contributed by atoms with E-state index in [1.165, 1.54) is 7.11 Å². The Morgan fingerprint density at radius 2 is 2.33 bits per heavy atom. The molecule has 0 aromatic rings. The van der Waals surface area contributed by atoms with Gasteiger partial charge in [0.15, 0.2) is 0 Å². The van der Waals surface area contributed by atoms with Crippen LogP contribution in [0.25, 0.3) is 0 Å². The molecule has 0 aromatic carbocycles. The Morgan fingerprint density at radius 1 is 1.75 bits per heavy atom. The first-order valence-electron chi connectivity index (χ1n) is 3.42. The Bertz CT molecular complexity index is 221. The second-order valence-electron chi connectivity index (χ2n) is 2.27. The molecule has 2 unspecified atom stereocenters. The largest absolute Gasteiger partial charge is 0.469 e. The van der Waals surface area contributed by atoms with Crippen LogP contribution in [0.2, 0.25) is 0 Å². The molecule has 0 radical (unpaired) electrons. The number of carbonyl (C=O) groups is 1. The van der Waals surface area contributed by atoms with Gasteiger partial charge in [-0.05, 0) is 0 Å². The lowest BCUT2D eigenvalue weighted by Crippen LogP contribution is -2.18. The van der Waals surface area contributed by atoms with Crippen molar-refractivity contribution in [2.24, 2.45) is 0 Å². The number of ether oxygens (including phenoxy) is 1. The van der Waals surface area contributed by atoms with Crippen molar-refractivity contribution < 1.29 is 13.7 Å². The van der Waals surface area contributed by atoms with Crippen molar-refractivity contribution >= 4 is 16.8 Å². The van der Waals surface area contributed by atoms with Gasteiger partial charge in [0, 0.05) is 16.0 Å². The zero-order chi connectivity index (χ0) is 9.56. The third-order valence-corrected chi connectivity index (χ3v) is 2.82. The van der Waals surface area contributed by atoms with Gasteiger partial charge in [0.05, 0.1) is 19.6 Å². The minimum absolute atomic E-state index is 0.0296. The van der Waals surface area contributed by atoms with E-state index in [1.54, 1.807) is 13.0 Å². The zero-order valence-corrected chi connectivity index (χ0v) is 7.89. The summed E-state index contributed by atoms with van der Waals surface area (Å²) in [4.78, 5) is 10.7. The third-order valence-electron chi connectivity index (χ3n) is 1.34. The van der Waals surface area contributed by atoms with Crippen LogP contribution in [0, 0.1) is 11.3 Å². The van der Waals surface area contributed by atoms with E-state index in [0.717, 1.165) is 0 Å². The second-order valence-corrected chi connectivity index (χ2v) is 4.13. The molecule has 4 nitrogen and oxygen atoms in total. The Morgan fingerprint density at radius 3 is 2.75 bits per heavy atom. The van der Waals surface area contributed by atoms with Crippen molar-refractivity contribution in [2.75, 3.05) is 12.9 Å². The number of hydrogen-bond acceptors (Lipinski definition) is 4. The van der Waals surface area contributed by atoms with Crippen LogP contribution in [0.3, 0.4) is 0 Å². The highest BCUT2D eigenvalue weighted by atomic mass is 32.2. The molecular weight excluding hydrogens is 178 g/mol. The van der Waals surface area contributed by atoms with Gasteiger partial charge in [-0.3, -0.25) is 9.00 Å². The number of nitriles is 1. The van der Waals surface area contributed by atoms with Crippen molar-refractivity contribution in [3.8, 4) is 6.07 Å². The van der Waals surface area contributed by atoms with Gasteiger partial charge in [-0.15, -0.1) is 0 Å². The first-order valence-corrected chi connectivity index (χ1v) is 4.81. The van der Waals surface area contributed by atoms with Crippen molar-refractivity contribution in [1.82, 2.24) is 0 Å². The SMILES string of the molecule is COC(=O)CC(C)S(=O)CC#N. The maximum Gasteiger partial charge on any atom is 0.306 e. The van der Waals surface area contributed by atoms with Gasteiger partial charge < -0.3 is 4.74 Å². The summed E-state index contributed by atoms with van der Waals surface area (Å²) in [5.41, 5.74) is 0. The first kappa shape index (κ1) is 11.1. The van der Waals surface area contributed by atoms with Crippen LogP contribution < -0.4 is 0 Å². The molecule has 0 aromatic heterocycles. The lowest BCUT2D eigenvalue weighted by atomic mass is 10.3. The van der Waals surface area contributed by atoms with Gasteiger partial charge in [0.1, 0.15) is 5.75 Å². The quantitative estimate of drug-likeness (QED) is 0.593. The average Bonchev–Trinajstić information content (AvgIpc) is 2.04. The van der Waals surface area contributed by atoms with Crippen LogP contribution in [-0.4, -0.2) is 28.3 Å². The smallest absolute Gasteiger partial charge is 0.306 e. The molecule has 0 fully saturated rings. The summed E-state index contributed by atoms with van der Waals surface area (Å²) in [5, 5.41) is 7.91. The number of nitrogens with zero attached hydrogens (tertiary/aromatic N) is 1. The predicted octanol–water partition coefficient (Wildman–Crippen LogP) is 0.210. The molecule has 5 heteroatoms. The van der Waals surface area contributed by atoms with Crippen LogP contribution in [0.15, 0.2) is 0 Å². The Kier molecular flexibility index (Phi) is 5.30. The minimum atomic E-state index is -1.25. The van der Waals surface area contributed by atoms with Gasteiger partial charge in [0.2, 0.25) is 0 Å². The van der Waals surface area contributed by atoms with E-state index in [0.29, 0.717) is 0 Å². The molecule has 2 atom stereocenters. The van der Waals surface area contributed by atoms with Gasteiger partial charge in [0.25, 0.3) is 0 Å². The van der Waals surface area contributed by atoms with Crippen molar-refractivity contribution in [3.05, 3.63) is 0 Å². The lowest BCUT2D eigenvalue weighted by molar-refractivity contribution is -0.140. The predicted molar refractivity (Wildman–Crippen MR) is 44.7 cm³/mol. The lowest BCUT2D eigenvalue weighted by Gasteiger charge is -2.06. The maximum atomic E-state index is 11.1. The molecule has 0 bridgehead atoms. The molecule has 0 saturated carbocycles. The highest BCUT2D eigenvalue weighted by Crippen LogP contribution is 2.02. The van der Waals surface area contributed by atoms with E-state index in [9.17, 15) is 9.00 Å². The standard InChI is InChI=1S/C7H11NO3S/c1-6(5-7(9)11-2)12(10)4-3-8/h6H,4-5H2,1-2H3. The second kappa shape index (κ2) is 5.72. The number of methoxy groups -OCH3 is 1. The van der Waals surface area contributed by atoms with Crippen molar-refractivity contribution in [3.63, 3.8) is 0 Å². The molecule has 0 spiro atoms. The number of esters is 1. The number of rotatable bonds is 4. The minimum Gasteiger partial charge on any atom is -0.469 e. The van der Waals surface area contributed by atoms with Crippen LogP contribution in [0.1, 0.15) is 13.3 Å². The monoisotopic (exact) mass is 189 g/mol. The maximum absolute atomic E-state index is 11.1. The summed E-state index contributed by atoms with van der Waals surface area (Å²) in [6.45, 7) is 1.66. The molecule has 0 rings (SSSR count). The Labute approximate surface area is 74.0 Å². The van der Waals surface area contributed by atoms with Gasteiger partial charge in [-0.1, -0.05) is 6.92 Å². The summed E-state index contributed by atoms with van der Waals surface area (Å²) < 4.78 is 15.5. The molecular formula is C7H11NO3S. The van der Waals surface area contributed by atoms with Crippen LogP contribution >= 0.6 is 0 Å². The van der Waals surface area contributed by atoms with E-state index in [2.05, 4.69) is 4.74 Å². The molecule has 0 aliphatic rings. The third kappa shape index (κ3) is 4.09. The normalized spacial score (nSPS) is 14.4. The summed E-state index contributed by atoms with van der Waals surface area (Å²) >= 11 is 0. The van der Waals surface area contributed by atoms with Crippen molar-refractivity contribution in [2.45, 2.75) is 18.6 Å². The van der Waals surface area contributed by atoms with Gasteiger partial charge in [-0.2, -0.15) is 5.26 Å². The molecule has 0 aliphatic carbocycles. The summed E-state index contributed by atoms with van der Waals surface area (Å²) in [5.74, 6) is -0.424. The zero-order valence-electron chi connectivity index (χ0n) is 7.07. The summed E-state index contributed by atoms with van der Waals surface area (Å²) in [6, 6.07) is 1.79. The first-order chi connectivity index (χ1) is 5.61. The molecule has 0 N–H and O–H groups in total. The summed E-state index contributed by atoms with van der Waals surface area (Å²) in [7, 11) is 0.0311. The Hall–Kier alpha value is -0.890. The fourth-order valence-electron chi connectivity index (χ4n) is 0.617. The van der Waals surface area contributed by atoms with Crippen LogP contribution in [-0.2, 0) is 20.3 Å². The van der Waals surface area contributed by atoms with Crippen molar-refractivity contribution in [1.29, 1.82) is 5.26 Å².